The molecule has 2 aromatic carbocycles. The number of carboxylic acid groups (broad SMARTS) is 1. The monoisotopic (exact) mass is 459 g/mol. The molecule has 0 fully saturated rings. The molecule has 0 saturated carbocycles. The highest BCUT2D eigenvalue weighted by atomic mass is 35.5. The molecular weight excluding hydrogens is 442 g/mol. The number of carboxylic acids is 1. The number of hydrogen-bond donors (Lipinski definition) is 1. The Kier molecular flexibility index (Phi) is 6.24. The van der Waals surface area contributed by atoms with Gasteiger partial charge in [0.05, 0.1) is 5.56 Å². The molecule has 1 unspecified atom stereocenters. The van der Waals surface area contributed by atoms with Crippen LogP contribution in [0.25, 0.3) is 10.9 Å². The summed E-state index contributed by atoms with van der Waals surface area (Å²) < 4.78 is 46.8. The lowest BCUT2D eigenvalue weighted by Gasteiger charge is -2.14. The van der Waals surface area contributed by atoms with Crippen LogP contribution in [0.15, 0.2) is 36.4 Å². The molecule has 0 bridgehead atoms. The smallest absolute Gasteiger partial charge is 0.416 e. The summed E-state index contributed by atoms with van der Waals surface area (Å²) in [6.45, 7) is 1.40. The number of alkyl halides is 4. The Balaban J connectivity index is 1.98. The van der Waals surface area contributed by atoms with Crippen molar-refractivity contribution in [3.05, 3.63) is 63.8 Å². The van der Waals surface area contributed by atoms with Crippen molar-refractivity contribution in [2.75, 3.05) is 6.61 Å². The van der Waals surface area contributed by atoms with E-state index in [1.165, 1.54) is 0 Å². The molecule has 9 heteroatoms. The predicted molar refractivity (Wildman–Crippen MR) is 110 cm³/mol. The van der Waals surface area contributed by atoms with Gasteiger partial charge in [0.25, 0.3) is 0 Å². The Hall–Kier alpha value is -2.38. The van der Waals surface area contributed by atoms with Crippen LogP contribution in [0.5, 0.6) is 5.75 Å². The van der Waals surface area contributed by atoms with Gasteiger partial charge < -0.3 is 14.4 Å². The van der Waals surface area contributed by atoms with Gasteiger partial charge in [-0.1, -0.05) is 11.6 Å². The number of benzene rings is 2. The molecule has 0 spiro atoms. The molecule has 30 heavy (non-hydrogen) atoms. The van der Waals surface area contributed by atoms with Crippen molar-refractivity contribution in [2.45, 2.75) is 24.9 Å². The Labute approximate surface area is 180 Å². The lowest BCUT2D eigenvalue weighted by atomic mass is 10.1. The molecule has 0 radical (unpaired) electrons. The number of rotatable bonds is 6. The molecule has 0 aliphatic rings. The zero-order chi connectivity index (χ0) is 22.2. The van der Waals surface area contributed by atoms with Crippen LogP contribution in [0.4, 0.5) is 13.2 Å². The third kappa shape index (κ3) is 4.68. The Morgan fingerprint density at radius 3 is 2.57 bits per heavy atom. The van der Waals surface area contributed by atoms with E-state index < -0.39 is 23.1 Å². The highest BCUT2D eigenvalue weighted by molar-refractivity contribution is 6.30. The fraction of sp³-hybridized carbons (Fsp3) is 0.286. The molecule has 1 N–H and O–H groups in total. The van der Waals surface area contributed by atoms with Crippen molar-refractivity contribution in [2.24, 2.45) is 7.05 Å². The van der Waals surface area contributed by atoms with Crippen LogP contribution in [0.2, 0.25) is 5.02 Å². The van der Waals surface area contributed by atoms with E-state index in [2.05, 4.69) is 0 Å². The molecule has 1 heterocycles. The maximum Gasteiger partial charge on any atom is 0.416 e. The first-order valence-electron chi connectivity index (χ1n) is 8.91. The summed E-state index contributed by atoms with van der Waals surface area (Å²) in [6.07, 6.45) is -4.11. The zero-order valence-electron chi connectivity index (χ0n) is 16.1. The standard InChI is InChI=1S/C21H18Cl2F3NO3/c1-11-5-13(21(24,25)26)8-18-16(11)9-15(27(18)2)7-12-6-14(22)3-4-19(12)30-10-17(23)20(28)29/h3-6,8-9,17H,7,10H2,1-2H3,(H,28,29). The second-order valence-electron chi connectivity index (χ2n) is 6.96. The van der Waals surface area contributed by atoms with Gasteiger partial charge in [-0.3, -0.25) is 4.79 Å². The zero-order valence-corrected chi connectivity index (χ0v) is 17.6. The number of aliphatic carboxylic acids is 1. The summed E-state index contributed by atoms with van der Waals surface area (Å²) in [5.74, 6) is -0.791. The van der Waals surface area contributed by atoms with Crippen molar-refractivity contribution in [1.29, 1.82) is 0 Å². The fourth-order valence-corrected chi connectivity index (χ4v) is 3.51. The van der Waals surface area contributed by atoms with Gasteiger partial charge >= 0.3 is 12.1 Å². The number of nitrogens with zero attached hydrogens (tertiary/aromatic N) is 1. The molecule has 0 saturated heterocycles. The van der Waals surface area contributed by atoms with Crippen molar-refractivity contribution in [3.63, 3.8) is 0 Å². The summed E-state index contributed by atoms with van der Waals surface area (Å²) in [5, 5.41) is 8.87. The average Bonchev–Trinajstić information content (AvgIpc) is 2.96. The predicted octanol–water partition coefficient (Wildman–Crippen LogP) is 5.82. The Morgan fingerprint density at radius 1 is 1.23 bits per heavy atom. The van der Waals surface area contributed by atoms with Gasteiger partial charge in [-0.05, 0) is 48.9 Å². The summed E-state index contributed by atoms with van der Waals surface area (Å²) >= 11 is 11.8. The number of aromatic nitrogens is 1. The van der Waals surface area contributed by atoms with E-state index in [1.807, 2.05) is 6.07 Å². The minimum absolute atomic E-state index is 0.241. The van der Waals surface area contributed by atoms with Gasteiger partial charge in [0.15, 0.2) is 5.38 Å². The normalized spacial score (nSPS) is 12.9. The van der Waals surface area contributed by atoms with E-state index in [0.29, 0.717) is 33.8 Å². The maximum absolute atomic E-state index is 13.2. The SMILES string of the molecule is Cc1cc(C(F)(F)F)cc2c1cc(Cc1cc(Cl)ccc1OCC(Cl)C(=O)O)n2C. The topological polar surface area (TPSA) is 51.5 Å². The van der Waals surface area contributed by atoms with E-state index in [9.17, 15) is 18.0 Å². The summed E-state index contributed by atoms with van der Waals surface area (Å²) in [6, 6.07) is 8.98. The summed E-state index contributed by atoms with van der Waals surface area (Å²) in [7, 11) is 1.70. The van der Waals surface area contributed by atoms with E-state index in [0.717, 1.165) is 23.2 Å². The van der Waals surface area contributed by atoms with Crippen LogP contribution in [0.1, 0.15) is 22.4 Å². The first kappa shape index (κ1) is 22.3. The number of carbonyl (C=O) groups is 1. The van der Waals surface area contributed by atoms with E-state index >= 15 is 0 Å². The number of halogens is 5. The van der Waals surface area contributed by atoms with E-state index in [1.54, 1.807) is 36.7 Å². The second kappa shape index (κ2) is 8.40. The molecular formula is C21H18Cl2F3NO3. The quantitative estimate of drug-likeness (QED) is 0.472. The van der Waals surface area contributed by atoms with Crippen molar-refractivity contribution >= 4 is 40.1 Å². The highest BCUT2D eigenvalue weighted by Crippen LogP contribution is 2.35. The number of aryl methyl sites for hydroxylation is 2. The first-order chi connectivity index (χ1) is 14.0. The number of hydrogen-bond acceptors (Lipinski definition) is 2. The largest absolute Gasteiger partial charge is 0.491 e. The lowest BCUT2D eigenvalue weighted by Crippen LogP contribution is -2.21. The molecule has 1 atom stereocenters. The molecule has 3 rings (SSSR count). The van der Waals surface area contributed by atoms with Crippen LogP contribution in [0, 0.1) is 6.92 Å². The van der Waals surface area contributed by atoms with Crippen LogP contribution >= 0.6 is 23.2 Å². The van der Waals surface area contributed by atoms with Gasteiger partial charge in [-0.15, -0.1) is 11.6 Å². The number of ether oxygens (including phenoxy) is 1. The molecule has 0 amide bonds. The van der Waals surface area contributed by atoms with E-state index in [-0.39, 0.29) is 6.61 Å². The Bertz CT molecular complexity index is 1110. The minimum atomic E-state index is -4.43. The number of fused-ring (bicyclic) bond motifs is 1. The van der Waals surface area contributed by atoms with Gasteiger partial charge in [-0.25, -0.2) is 0 Å². The molecule has 3 aromatic rings. The molecule has 0 aliphatic carbocycles. The van der Waals surface area contributed by atoms with Gasteiger partial charge in [-0.2, -0.15) is 13.2 Å². The van der Waals surface area contributed by atoms with Crippen molar-refractivity contribution < 1.29 is 27.8 Å². The molecule has 160 valence electrons. The van der Waals surface area contributed by atoms with Gasteiger partial charge in [0.1, 0.15) is 12.4 Å². The molecule has 0 aliphatic heterocycles. The molecule has 1 aromatic heterocycles. The van der Waals surface area contributed by atoms with E-state index in [4.69, 9.17) is 33.0 Å². The van der Waals surface area contributed by atoms with Gasteiger partial charge in [0.2, 0.25) is 0 Å². The highest BCUT2D eigenvalue weighted by Gasteiger charge is 2.31. The minimum Gasteiger partial charge on any atom is -0.491 e. The lowest BCUT2D eigenvalue weighted by molar-refractivity contribution is -0.138. The van der Waals surface area contributed by atoms with Crippen LogP contribution in [-0.4, -0.2) is 27.6 Å². The van der Waals surface area contributed by atoms with Crippen LogP contribution in [-0.2, 0) is 24.4 Å². The third-order valence-electron chi connectivity index (χ3n) is 4.84. The summed E-state index contributed by atoms with van der Waals surface area (Å²) in [4.78, 5) is 10.9. The van der Waals surface area contributed by atoms with Crippen LogP contribution < -0.4 is 4.74 Å². The molecule has 4 nitrogen and oxygen atoms in total. The maximum atomic E-state index is 13.2. The van der Waals surface area contributed by atoms with Crippen molar-refractivity contribution in [3.8, 4) is 5.75 Å². The fourth-order valence-electron chi connectivity index (χ4n) is 3.25. The van der Waals surface area contributed by atoms with Crippen molar-refractivity contribution in [1.82, 2.24) is 4.57 Å². The summed E-state index contributed by atoms with van der Waals surface area (Å²) in [5.41, 5.74) is 1.70. The van der Waals surface area contributed by atoms with Gasteiger partial charge in [0, 0.05) is 40.7 Å². The van der Waals surface area contributed by atoms with Crippen LogP contribution in [0.3, 0.4) is 0 Å². The second-order valence-corrected chi connectivity index (χ2v) is 7.93. The Morgan fingerprint density at radius 2 is 1.93 bits per heavy atom. The first-order valence-corrected chi connectivity index (χ1v) is 9.73. The third-order valence-corrected chi connectivity index (χ3v) is 5.39. The average molecular weight is 460 g/mol.